The van der Waals surface area contributed by atoms with Crippen LogP contribution in [-0.4, -0.2) is 33.4 Å². The van der Waals surface area contributed by atoms with Crippen LogP contribution >= 0.6 is 22.9 Å². The van der Waals surface area contributed by atoms with Gasteiger partial charge in [-0.05, 0) is 37.5 Å². The van der Waals surface area contributed by atoms with E-state index < -0.39 is 22.3 Å². The van der Waals surface area contributed by atoms with Crippen LogP contribution in [0.5, 0.6) is 0 Å². The minimum absolute atomic E-state index is 0.148. The molecule has 0 aliphatic carbocycles. The summed E-state index contributed by atoms with van der Waals surface area (Å²) in [7, 11) is 0. The molecular formula is C20H17ClF3N3O2S. The number of halogens is 4. The molecule has 5 nitrogen and oxygen atoms in total. The van der Waals surface area contributed by atoms with Gasteiger partial charge in [-0.15, -0.1) is 11.3 Å². The number of benzene rings is 1. The smallest absolute Gasteiger partial charge is 0.341 e. The van der Waals surface area contributed by atoms with Crippen molar-refractivity contribution in [3.05, 3.63) is 50.3 Å². The van der Waals surface area contributed by atoms with Crippen LogP contribution in [0.3, 0.4) is 0 Å². The number of likely N-dealkylation sites (tertiary alicyclic amines) is 1. The zero-order chi connectivity index (χ0) is 21.6. The highest BCUT2D eigenvalue weighted by Crippen LogP contribution is 2.41. The second-order valence-corrected chi connectivity index (χ2v) is 8.78. The molecule has 30 heavy (non-hydrogen) atoms. The molecule has 1 aromatic carbocycles. The molecule has 0 bridgehead atoms. The second-order valence-electron chi connectivity index (χ2n) is 7.17. The summed E-state index contributed by atoms with van der Waals surface area (Å²) in [5, 5.41) is -0.195. The quantitative estimate of drug-likeness (QED) is 0.574. The highest BCUT2D eigenvalue weighted by atomic mass is 35.5. The number of carbonyl (C=O) groups is 1. The number of thiophene rings is 1. The molecular weight excluding hydrogens is 439 g/mol. The van der Waals surface area contributed by atoms with Crippen LogP contribution in [0.25, 0.3) is 21.3 Å². The summed E-state index contributed by atoms with van der Waals surface area (Å²) in [4.78, 5) is 32.7. The Morgan fingerprint density at radius 2 is 1.97 bits per heavy atom. The van der Waals surface area contributed by atoms with Crippen molar-refractivity contribution in [3.8, 4) is 11.1 Å². The van der Waals surface area contributed by atoms with Crippen molar-refractivity contribution in [3.63, 3.8) is 0 Å². The lowest BCUT2D eigenvalue weighted by atomic mass is 10.0. The van der Waals surface area contributed by atoms with Crippen molar-refractivity contribution < 1.29 is 18.0 Å². The average molecular weight is 456 g/mol. The Bertz CT molecular complexity index is 1200. The predicted octanol–water partition coefficient (Wildman–Crippen LogP) is 4.73. The van der Waals surface area contributed by atoms with Crippen LogP contribution in [0, 0.1) is 6.92 Å². The molecule has 0 saturated carbocycles. The van der Waals surface area contributed by atoms with E-state index in [9.17, 15) is 22.8 Å². The van der Waals surface area contributed by atoms with E-state index in [0.29, 0.717) is 28.4 Å². The summed E-state index contributed by atoms with van der Waals surface area (Å²) in [5.74, 6) is -0.171. The minimum Gasteiger partial charge on any atom is -0.341 e. The molecule has 0 spiro atoms. The number of rotatable bonds is 3. The Hall–Kier alpha value is -2.39. The number of alkyl halides is 3. The number of hydrogen-bond acceptors (Lipinski definition) is 4. The zero-order valence-corrected chi connectivity index (χ0v) is 17.5. The van der Waals surface area contributed by atoms with E-state index in [-0.39, 0.29) is 23.4 Å². The third-order valence-corrected chi connectivity index (χ3v) is 6.52. The van der Waals surface area contributed by atoms with Gasteiger partial charge in [-0.1, -0.05) is 17.7 Å². The fourth-order valence-corrected chi connectivity index (χ4v) is 4.94. The number of amides is 1. The first-order chi connectivity index (χ1) is 14.2. The molecule has 1 saturated heterocycles. The van der Waals surface area contributed by atoms with Gasteiger partial charge in [0.1, 0.15) is 11.4 Å². The first kappa shape index (κ1) is 20.9. The Morgan fingerprint density at radius 1 is 1.27 bits per heavy atom. The number of hydrogen-bond donors (Lipinski definition) is 0. The fraction of sp³-hybridized carbons (Fsp3) is 0.350. The summed E-state index contributed by atoms with van der Waals surface area (Å²) in [6.45, 7) is 2.90. The molecule has 1 aliphatic heterocycles. The van der Waals surface area contributed by atoms with Gasteiger partial charge in [-0.25, -0.2) is 4.98 Å². The maximum absolute atomic E-state index is 13.3. The van der Waals surface area contributed by atoms with Crippen LogP contribution in [0.1, 0.15) is 23.3 Å². The molecule has 158 valence electrons. The van der Waals surface area contributed by atoms with Gasteiger partial charge < -0.3 is 4.90 Å². The molecule has 2 aromatic heterocycles. The van der Waals surface area contributed by atoms with Gasteiger partial charge >= 0.3 is 6.18 Å². The van der Waals surface area contributed by atoms with Gasteiger partial charge in [-0.3, -0.25) is 14.2 Å². The van der Waals surface area contributed by atoms with E-state index in [1.165, 1.54) is 34.4 Å². The molecule has 1 fully saturated rings. The van der Waals surface area contributed by atoms with E-state index in [1.54, 1.807) is 11.8 Å². The molecule has 0 atom stereocenters. The van der Waals surface area contributed by atoms with E-state index in [2.05, 4.69) is 4.98 Å². The van der Waals surface area contributed by atoms with Gasteiger partial charge in [-0.2, -0.15) is 13.2 Å². The lowest BCUT2D eigenvalue weighted by Crippen LogP contribution is -2.34. The first-order valence-corrected chi connectivity index (χ1v) is 10.5. The number of aromatic nitrogens is 2. The SMILES string of the molecule is Cc1sc2ncn(CC(=O)N3CCCC3)c(=O)c2c1-c1ccc(Cl)c(C(F)(F)F)c1. The summed E-state index contributed by atoms with van der Waals surface area (Å²) in [6.07, 6.45) is -1.43. The monoisotopic (exact) mass is 455 g/mol. The third kappa shape index (κ3) is 3.72. The Morgan fingerprint density at radius 3 is 2.63 bits per heavy atom. The van der Waals surface area contributed by atoms with Crippen LogP contribution in [0.4, 0.5) is 13.2 Å². The summed E-state index contributed by atoms with van der Waals surface area (Å²) in [5.41, 5.74) is -0.792. The van der Waals surface area contributed by atoms with Gasteiger partial charge in [0.05, 0.1) is 22.3 Å². The van der Waals surface area contributed by atoms with Crippen LogP contribution < -0.4 is 5.56 Å². The lowest BCUT2D eigenvalue weighted by Gasteiger charge is -2.16. The molecule has 4 rings (SSSR count). The average Bonchev–Trinajstić information content (AvgIpc) is 3.32. The van der Waals surface area contributed by atoms with Gasteiger partial charge in [0.2, 0.25) is 5.91 Å². The van der Waals surface area contributed by atoms with Crippen molar-refractivity contribution >= 4 is 39.1 Å². The Kier molecular flexibility index (Phi) is 5.36. The van der Waals surface area contributed by atoms with Crippen LogP contribution in [-0.2, 0) is 17.5 Å². The second kappa shape index (κ2) is 7.70. The molecule has 3 aromatic rings. The van der Waals surface area contributed by atoms with E-state index in [4.69, 9.17) is 11.6 Å². The number of carbonyl (C=O) groups excluding carboxylic acids is 1. The third-order valence-electron chi connectivity index (χ3n) is 5.18. The molecule has 0 N–H and O–H groups in total. The summed E-state index contributed by atoms with van der Waals surface area (Å²) < 4.78 is 41.2. The van der Waals surface area contributed by atoms with Crippen molar-refractivity contribution in [1.29, 1.82) is 0 Å². The highest BCUT2D eigenvalue weighted by molar-refractivity contribution is 7.19. The zero-order valence-electron chi connectivity index (χ0n) is 15.9. The van der Waals surface area contributed by atoms with Crippen molar-refractivity contribution in [2.75, 3.05) is 13.1 Å². The number of aryl methyl sites for hydroxylation is 1. The molecule has 3 heterocycles. The molecule has 1 aliphatic rings. The van der Waals surface area contributed by atoms with Crippen LogP contribution in [0.2, 0.25) is 5.02 Å². The highest BCUT2D eigenvalue weighted by Gasteiger charge is 2.34. The van der Waals surface area contributed by atoms with E-state index in [0.717, 1.165) is 18.9 Å². The topological polar surface area (TPSA) is 55.2 Å². The van der Waals surface area contributed by atoms with Gasteiger partial charge in [0.15, 0.2) is 0 Å². The van der Waals surface area contributed by atoms with Crippen molar-refractivity contribution in [1.82, 2.24) is 14.5 Å². The maximum atomic E-state index is 13.3. The summed E-state index contributed by atoms with van der Waals surface area (Å²) >= 11 is 6.96. The van der Waals surface area contributed by atoms with E-state index in [1.807, 2.05) is 0 Å². The standard InChI is InChI=1S/C20H17ClF3N3O2S/c1-11-16(12-4-5-14(21)13(8-12)20(22,23)24)17-18(30-11)25-10-27(19(17)29)9-15(28)26-6-2-3-7-26/h4-5,8,10H,2-3,6-7,9H2,1H3. The molecule has 10 heteroatoms. The normalized spacial score (nSPS) is 14.6. The molecule has 1 amide bonds. The number of nitrogens with zero attached hydrogens (tertiary/aromatic N) is 3. The first-order valence-electron chi connectivity index (χ1n) is 9.30. The fourth-order valence-electron chi connectivity index (χ4n) is 3.71. The lowest BCUT2D eigenvalue weighted by molar-refractivity contribution is -0.137. The van der Waals surface area contributed by atoms with Crippen molar-refractivity contribution in [2.45, 2.75) is 32.5 Å². The predicted molar refractivity (Wildman–Crippen MR) is 110 cm³/mol. The Balaban J connectivity index is 1.82. The largest absolute Gasteiger partial charge is 0.417 e. The summed E-state index contributed by atoms with van der Waals surface area (Å²) in [6, 6.07) is 3.58. The molecule has 0 unspecified atom stereocenters. The minimum atomic E-state index is -4.62. The van der Waals surface area contributed by atoms with Gasteiger partial charge in [0, 0.05) is 23.5 Å². The van der Waals surface area contributed by atoms with Gasteiger partial charge in [0.25, 0.3) is 5.56 Å². The Labute approximate surface area is 178 Å². The van der Waals surface area contributed by atoms with Crippen LogP contribution in [0.15, 0.2) is 29.3 Å². The maximum Gasteiger partial charge on any atom is 0.417 e. The number of fused-ring (bicyclic) bond motifs is 1. The molecule has 0 radical (unpaired) electrons. The van der Waals surface area contributed by atoms with E-state index >= 15 is 0 Å². The van der Waals surface area contributed by atoms with Crippen molar-refractivity contribution in [2.24, 2.45) is 0 Å².